The van der Waals surface area contributed by atoms with Crippen LogP contribution in [0.4, 0.5) is 36.1 Å². The first kappa shape index (κ1) is 29.6. The van der Waals surface area contributed by atoms with E-state index in [0.29, 0.717) is 41.8 Å². The minimum atomic E-state index is -4.58. The molecule has 2 N–H and O–H groups in total. The van der Waals surface area contributed by atoms with Gasteiger partial charge in [-0.3, -0.25) is 9.69 Å². The summed E-state index contributed by atoms with van der Waals surface area (Å²) in [7, 11) is 2.06. The van der Waals surface area contributed by atoms with Crippen LogP contribution in [0.25, 0.3) is 5.82 Å². The van der Waals surface area contributed by atoms with Crippen LogP contribution in [0.1, 0.15) is 52.6 Å². The number of likely N-dealkylation sites (N-methyl/N-ethyl adjacent to an activating group) is 1. The number of aromatic nitrogens is 4. The maximum absolute atomic E-state index is 14.0. The van der Waals surface area contributed by atoms with Crippen molar-refractivity contribution < 1.29 is 18.0 Å². The number of aryl methyl sites for hydroxylation is 3. The van der Waals surface area contributed by atoms with Crippen LogP contribution in [0.5, 0.6) is 0 Å². The molecule has 2 aromatic carbocycles. The summed E-state index contributed by atoms with van der Waals surface area (Å²) >= 11 is 0. The number of alkyl halides is 3. The highest BCUT2D eigenvalue weighted by Crippen LogP contribution is 2.44. The van der Waals surface area contributed by atoms with Crippen molar-refractivity contribution in [2.24, 2.45) is 0 Å². The number of anilines is 4. The van der Waals surface area contributed by atoms with Gasteiger partial charge in [-0.25, -0.2) is 9.97 Å². The first-order valence-electron chi connectivity index (χ1n) is 14.7. The maximum atomic E-state index is 14.0. The summed E-state index contributed by atoms with van der Waals surface area (Å²) in [5.74, 6) is 0.664. The summed E-state index contributed by atoms with van der Waals surface area (Å²) in [4.78, 5) is 26.3. The minimum Gasteiger partial charge on any atom is -0.368 e. The predicted octanol–water partition coefficient (Wildman–Crippen LogP) is 6.14. The smallest absolute Gasteiger partial charge is 0.368 e. The Kier molecular flexibility index (Phi) is 7.56. The number of carbonyl (C=O) groups is 1. The van der Waals surface area contributed by atoms with E-state index in [9.17, 15) is 18.0 Å². The van der Waals surface area contributed by atoms with Crippen molar-refractivity contribution in [3.05, 3.63) is 82.9 Å². The molecule has 6 rings (SSSR count). The first-order chi connectivity index (χ1) is 20.9. The second-order valence-electron chi connectivity index (χ2n) is 11.7. The van der Waals surface area contributed by atoms with E-state index in [1.807, 2.05) is 43.9 Å². The summed E-state index contributed by atoms with van der Waals surface area (Å²) < 4.78 is 43.6. The summed E-state index contributed by atoms with van der Waals surface area (Å²) in [5.41, 5.74) is 3.24. The highest BCUT2D eigenvalue weighted by molar-refractivity contribution is 6.05. The van der Waals surface area contributed by atoms with Gasteiger partial charge < -0.3 is 15.5 Å². The van der Waals surface area contributed by atoms with Gasteiger partial charge in [-0.05, 0) is 76.1 Å². The SMILES string of the molecule is CCc1cc(-n2nc(C)cc2Nc2cc(NC(=O)c3cc(N4CCN(C)C5(CC5)C4)cc(C(F)(F)F)c3)ccc2C)ncn1. The van der Waals surface area contributed by atoms with Gasteiger partial charge in [0.1, 0.15) is 12.1 Å². The molecule has 0 atom stereocenters. The predicted molar refractivity (Wildman–Crippen MR) is 164 cm³/mol. The number of hydrogen-bond donors (Lipinski definition) is 2. The van der Waals surface area contributed by atoms with Gasteiger partial charge in [0.25, 0.3) is 5.91 Å². The molecule has 0 bridgehead atoms. The topological polar surface area (TPSA) is 91.2 Å². The maximum Gasteiger partial charge on any atom is 0.416 e. The average Bonchev–Trinajstić information content (AvgIpc) is 3.68. The van der Waals surface area contributed by atoms with Gasteiger partial charge >= 0.3 is 6.18 Å². The molecule has 1 saturated carbocycles. The number of nitrogens with one attached hydrogen (secondary N) is 2. The van der Waals surface area contributed by atoms with E-state index in [4.69, 9.17) is 0 Å². The molecule has 230 valence electrons. The van der Waals surface area contributed by atoms with Gasteiger partial charge in [-0.15, -0.1) is 0 Å². The third-order valence-electron chi connectivity index (χ3n) is 8.58. The molecular weight excluding hydrogens is 569 g/mol. The molecule has 1 aliphatic carbocycles. The summed E-state index contributed by atoms with van der Waals surface area (Å²) in [6.45, 7) is 7.80. The fraction of sp³-hybridized carbons (Fsp3) is 0.375. The molecule has 44 heavy (non-hydrogen) atoms. The number of carbonyl (C=O) groups excluding carboxylic acids is 1. The van der Waals surface area contributed by atoms with Gasteiger partial charge in [0, 0.05) is 65.6 Å². The third-order valence-corrected chi connectivity index (χ3v) is 8.58. The van der Waals surface area contributed by atoms with Gasteiger partial charge in [0.05, 0.1) is 11.3 Å². The van der Waals surface area contributed by atoms with E-state index < -0.39 is 17.6 Å². The molecule has 4 aromatic rings. The molecule has 9 nitrogen and oxygen atoms in total. The molecule has 3 heterocycles. The largest absolute Gasteiger partial charge is 0.416 e. The van der Waals surface area contributed by atoms with E-state index in [0.717, 1.165) is 54.9 Å². The Balaban J connectivity index is 1.26. The van der Waals surface area contributed by atoms with Crippen LogP contribution in [0.3, 0.4) is 0 Å². The van der Waals surface area contributed by atoms with E-state index in [2.05, 4.69) is 37.6 Å². The van der Waals surface area contributed by atoms with Crippen molar-refractivity contribution in [1.82, 2.24) is 24.6 Å². The van der Waals surface area contributed by atoms with Crippen molar-refractivity contribution >= 4 is 28.8 Å². The molecule has 2 aliphatic rings. The van der Waals surface area contributed by atoms with E-state index in [-0.39, 0.29) is 11.1 Å². The third kappa shape index (κ3) is 5.99. The molecule has 1 aliphatic heterocycles. The average molecular weight is 605 g/mol. The molecule has 1 spiro atoms. The van der Waals surface area contributed by atoms with Crippen LogP contribution in [0.15, 0.2) is 54.9 Å². The lowest BCUT2D eigenvalue weighted by molar-refractivity contribution is -0.137. The number of piperazine rings is 1. The van der Waals surface area contributed by atoms with Crippen LogP contribution in [-0.4, -0.2) is 62.8 Å². The lowest BCUT2D eigenvalue weighted by atomic mass is 10.0. The monoisotopic (exact) mass is 604 g/mol. The zero-order chi connectivity index (χ0) is 31.2. The van der Waals surface area contributed by atoms with Gasteiger partial charge in [-0.1, -0.05) is 13.0 Å². The Labute approximate surface area is 254 Å². The fourth-order valence-corrected chi connectivity index (χ4v) is 5.69. The number of nitrogens with zero attached hydrogens (tertiary/aromatic N) is 6. The Morgan fingerprint density at radius 2 is 1.82 bits per heavy atom. The summed E-state index contributed by atoms with van der Waals surface area (Å²) in [6.07, 6.45) is -0.282. The lowest BCUT2D eigenvalue weighted by Gasteiger charge is -2.41. The quantitative estimate of drug-likeness (QED) is 0.262. The second-order valence-corrected chi connectivity index (χ2v) is 11.7. The normalized spacial score (nSPS) is 16.3. The molecular formula is C32H35F3N8O. The number of rotatable bonds is 7. The molecule has 12 heteroatoms. The number of hydrogen-bond acceptors (Lipinski definition) is 7. The van der Waals surface area contributed by atoms with Crippen LogP contribution < -0.4 is 15.5 Å². The van der Waals surface area contributed by atoms with Gasteiger partial charge in [0.2, 0.25) is 0 Å². The zero-order valence-corrected chi connectivity index (χ0v) is 25.2. The molecule has 2 aromatic heterocycles. The van der Waals surface area contributed by atoms with Crippen molar-refractivity contribution in [1.29, 1.82) is 0 Å². The standard InChI is InChI=1S/C32H35F3N8O/c1-5-24-17-28(37-19-36-24)43-29(12-21(3)40-43)39-27-16-25(7-6-20(27)2)38-30(44)22-13-23(32(33,34)35)15-26(14-22)42-11-10-41(4)31(18-42)8-9-31/h6-7,12-17,19,39H,5,8-11,18H2,1-4H3,(H,38,44). The van der Waals surface area contributed by atoms with Crippen molar-refractivity contribution in [2.45, 2.75) is 51.7 Å². The lowest BCUT2D eigenvalue weighted by Crippen LogP contribution is -2.53. The molecule has 2 fully saturated rings. The highest BCUT2D eigenvalue weighted by Gasteiger charge is 2.49. The number of halogens is 3. The first-order valence-corrected chi connectivity index (χ1v) is 14.7. The van der Waals surface area contributed by atoms with Crippen molar-refractivity contribution in [3.8, 4) is 5.82 Å². The zero-order valence-electron chi connectivity index (χ0n) is 25.2. The minimum absolute atomic E-state index is 0.0138. The molecule has 1 saturated heterocycles. The Morgan fingerprint density at radius 3 is 2.55 bits per heavy atom. The molecule has 1 amide bonds. The van der Waals surface area contributed by atoms with E-state index in [1.165, 1.54) is 6.33 Å². The second kappa shape index (κ2) is 11.2. The summed E-state index contributed by atoms with van der Waals surface area (Å²) in [5, 5.41) is 10.8. The molecule has 0 unspecified atom stereocenters. The van der Waals surface area contributed by atoms with Crippen LogP contribution in [0, 0.1) is 13.8 Å². The number of benzene rings is 2. The van der Waals surface area contributed by atoms with Gasteiger partial charge in [-0.2, -0.15) is 23.0 Å². The Morgan fingerprint density at radius 1 is 1.02 bits per heavy atom. The summed E-state index contributed by atoms with van der Waals surface area (Å²) in [6, 6.07) is 12.7. The Hall–Kier alpha value is -4.45. The van der Waals surface area contributed by atoms with Crippen molar-refractivity contribution in [2.75, 3.05) is 42.2 Å². The number of amides is 1. The van der Waals surface area contributed by atoms with Crippen LogP contribution in [-0.2, 0) is 12.6 Å². The molecule has 0 radical (unpaired) electrons. The van der Waals surface area contributed by atoms with E-state index >= 15 is 0 Å². The highest BCUT2D eigenvalue weighted by atomic mass is 19.4. The van der Waals surface area contributed by atoms with Gasteiger partial charge in [0.15, 0.2) is 5.82 Å². The van der Waals surface area contributed by atoms with E-state index in [1.54, 1.807) is 22.9 Å². The Bertz CT molecular complexity index is 1710. The fourth-order valence-electron chi connectivity index (χ4n) is 5.69. The van der Waals surface area contributed by atoms with Crippen molar-refractivity contribution in [3.63, 3.8) is 0 Å². The van der Waals surface area contributed by atoms with Crippen LogP contribution in [0.2, 0.25) is 0 Å². The van der Waals surface area contributed by atoms with Crippen LogP contribution >= 0.6 is 0 Å².